The van der Waals surface area contributed by atoms with Crippen LogP contribution in [0.1, 0.15) is 10.4 Å². The smallest absolute Gasteiger partial charge is 0.277 e. The van der Waals surface area contributed by atoms with Gasteiger partial charge in [0.1, 0.15) is 24.7 Å². The Hall–Kier alpha value is -4.58. The van der Waals surface area contributed by atoms with Gasteiger partial charge in [0.15, 0.2) is 5.11 Å². The number of carbonyl (C=O) groups is 1. The molecule has 3 aromatic carbocycles. The van der Waals surface area contributed by atoms with E-state index >= 15 is 0 Å². The highest BCUT2D eigenvalue weighted by molar-refractivity contribution is 7.80. The molecule has 34 heavy (non-hydrogen) atoms. The number of non-ortho nitro benzene ring substituents is 2. The number of thiocarbonyl (C=S) groups is 1. The van der Waals surface area contributed by atoms with Gasteiger partial charge >= 0.3 is 0 Å². The van der Waals surface area contributed by atoms with Gasteiger partial charge in [0.2, 0.25) is 0 Å². The van der Waals surface area contributed by atoms with Crippen LogP contribution in [0.3, 0.4) is 0 Å². The van der Waals surface area contributed by atoms with Crippen molar-refractivity contribution in [3.63, 3.8) is 0 Å². The number of hydrogen-bond acceptors (Lipinski definition) is 8. The fourth-order valence-electron chi connectivity index (χ4n) is 2.74. The lowest BCUT2D eigenvalue weighted by atomic mass is 10.1. The average Bonchev–Trinajstić information content (AvgIpc) is 2.83. The highest BCUT2D eigenvalue weighted by Gasteiger charge is 2.20. The number of nitrogens with zero attached hydrogens (tertiary/aromatic N) is 2. The molecule has 3 aromatic rings. The molecule has 0 radical (unpaired) electrons. The lowest BCUT2D eigenvalue weighted by Gasteiger charge is -2.11. The number of anilines is 1. The van der Waals surface area contributed by atoms with Crippen LogP contribution in [0.4, 0.5) is 17.1 Å². The summed E-state index contributed by atoms with van der Waals surface area (Å²) in [6, 6.07) is 18.7. The van der Waals surface area contributed by atoms with Gasteiger partial charge in [-0.1, -0.05) is 18.2 Å². The maximum absolute atomic E-state index is 12.4. The first kappa shape index (κ1) is 24.1. The number of benzene rings is 3. The zero-order valence-corrected chi connectivity index (χ0v) is 18.3. The summed E-state index contributed by atoms with van der Waals surface area (Å²) in [6.07, 6.45) is 0. The molecular formula is C22H18N4O7S. The summed E-state index contributed by atoms with van der Waals surface area (Å²) < 4.78 is 11.2. The predicted octanol–water partition coefficient (Wildman–Crippen LogP) is 4.09. The maximum Gasteiger partial charge on any atom is 0.277 e. The van der Waals surface area contributed by atoms with Crippen molar-refractivity contribution in [1.82, 2.24) is 5.32 Å². The van der Waals surface area contributed by atoms with Gasteiger partial charge in [-0.3, -0.25) is 30.3 Å². The van der Waals surface area contributed by atoms with Crippen molar-refractivity contribution in [1.29, 1.82) is 0 Å². The second-order valence-electron chi connectivity index (χ2n) is 6.69. The zero-order valence-electron chi connectivity index (χ0n) is 17.5. The third-order valence-electron chi connectivity index (χ3n) is 4.29. The van der Waals surface area contributed by atoms with E-state index in [0.717, 1.165) is 23.9 Å². The van der Waals surface area contributed by atoms with Crippen LogP contribution in [-0.4, -0.2) is 34.1 Å². The minimum atomic E-state index is -0.831. The van der Waals surface area contributed by atoms with Gasteiger partial charge in [-0.05, 0) is 48.6 Å². The molecule has 0 unspecified atom stereocenters. The Labute approximate surface area is 198 Å². The minimum Gasteiger partial charge on any atom is -0.490 e. The molecule has 1 amide bonds. The number of nitrogens with one attached hydrogen (secondary N) is 2. The summed E-state index contributed by atoms with van der Waals surface area (Å²) in [5.41, 5.74) is -0.888. The molecule has 11 nitrogen and oxygen atoms in total. The highest BCUT2D eigenvalue weighted by Crippen LogP contribution is 2.23. The van der Waals surface area contributed by atoms with Gasteiger partial charge in [0, 0.05) is 17.8 Å². The second-order valence-corrected chi connectivity index (χ2v) is 7.10. The Bertz CT molecular complexity index is 1170. The van der Waals surface area contributed by atoms with Crippen LogP contribution in [0.15, 0.2) is 72.8 Å². The molecule has 0 saturated heterocycles. The molecule has 0 aliphatic heterocycles. The van der Waals surface area contributed by atoms with E-state index in [2.05, 4.69) is 10.6 Å². The topological polar surface area (TPSA) is 146 Å². The summed E-state index contributed by atoms with van der Waals surface area (Å²) in [6.45, 7) is 0.710. The fourth-order valence-corrected chi connectivity index (χ4v) is 2.96. The van der Waals surface area contributed by atoms with Crippen LogP contribution in [0.25, 0.3) is 0 Å². The van der Waals surface area contributed by atoms with Crippen molar-refractivity contribution < 1.29 is 24.1 Å². The third-order valence-corrected chi connectivity index (χ3v) is 4.49. The van der Waals surface area contributed by atoms with Crippen LogP contribution >= 0.6 is 12.2 Å². The third kappa shape index (κ3) is 6.97. The first-order chi connectivity index (χ1) is 16.3. The maximum atomic E-state index is 12.4. The Balaban J connectivity index is 1.51. The van der Waals surface area contributed by atoms with Gasteiger partial charge in [0.05, 0.1) is 21.5 Å². The molecular weight excluding hydrogens is 464 g/mol. The van der Waals surface area contributed by atoms with E-state index in [-0.39, 0.29) is 10.7 Å². The van der Waals surface area contributed by atoms with E-state index in [9.17, 15) is 25.0 Å². The summed E-state index contributed by atoms with van der Waals surface area (Å²) in [4.78, 5) is 32.7. The summed E-state index contributed by atoms with van der Waals surface area (Å²) in [5.74, 6) is 0.518. The standard InChI is InChI=1S/C22H18N4O7S/c27-21(15-12-17(25(28)29)14-18(13-15)26(30)31)24-22(34)23-16-6-8-20(9-7-16)33-11-10-32-19-4-2-1-3-5-19/h1-9,12-14H,10-11H2,(H2,23,24,27,34). The van der Waals surface area contributed by atoms with Crippen LogP contribution in [0, 0.1) is 20.2 Å². The second kappa shape index (κ2) is 11.3. The van der Waals surface area contributed by atoms with Crippen LogP contribution in [-0.2, 0) is 0 Å². The average molecular weight is 482 g/mol. The minimum absolute atomic E-state index is 0.0934. The number of para-hydroxylation sites is 1. The predicted molar refractivity (Wildman–Crippen MR) is 127 cm³/mol. The number of rotatable bonds is 9. The van der Waals surface area contributed by atoms with E-state index in [0.29, 0.717) is 24.7 Å². The van der Waals surface area contributed by atoms with E-state index in [1.54, 1.807) is 24.3 Å². The molecule has 0 heterocycles. The molecule has 0 saturated carbocycles. The summed E-state index contributed by atoms with van der Waals surface area (Å²) in [5, 5.41) is 27.0. The Kier molecular flexibility index (Phi) is 8.02. The lowest BCUT2D eigenvalue weighted by Crippen LogP contribution is -2.34. The molecule has 0 atom stereocenters. The van der Waals surface area contributed by atoms with Crippen LogP contribution < -0.4 is 20.1 Å². The Morgan fingerprint density at radius 2 is 1.35 bits per heavy atom. The number of nitro benzene ring substituents is 2. The van der Waals surface area contributed by atoms with Gasteiger partial charge in [-0.25, -0.2) is 0 Å². The van der Waals surface area contributed by atoms with Gasteiger partial charge in [-0.15, -0.1) is 0 Å². The molecule has 0 bridgehead atoms. The fraction of sp³-hybridized carbons (Fsp3) is 0.0909. The number of ether oxygens (including phenoxy) is 2. The lowest BCUT2D eigenvalue weighted by molar-refractivity contribution is -0.394. The number of amides is 1. The van der Waals surface area contributed by atoms with Gasteiger partial charge < -0.3 is 14.8 Å². The van der Waals surface area contributed by atoms with Crippen LogP contribution in [0.2, 0.25) is 0 Å². The Morgan fingerprint density at radius 3 is 1.88 bits per heavy atom. The molecule has 3 rings (SSSR count). The van der Waals surface area contributed by atoms with E-state index < -0.39 is 27.1 Å². The number of nitro groups is 2. The zero-order chi connectivity index (χ0) is 24.5. The molecule has 174 valence electrons. The van der Waals surface area contributed by atoms with Gasteiger partial charge in [-0.2, -0.15) is 0 Å². The van der Waals surface area contributed by atoms with Crippen molar-refractivity contribution >= 4 is 40.3 Å². The largest absolute Gasteiger partial charge is 0.490 e. The van der Waals surface area contributed by atoms with Crippen LogP contribution in [0.5, 0.6) is 11.5 Å². The molecule has 2 N–H and O–H groups in total. The molecule has 0 aliphatic rings. The van der Waals surface area contributed by atoms with E-state index in [1.807, 2.05) is 30.3 Å². The van der Waals surface area contributed by atoms with Crippen molar-refractivity contribution in [3.05, 3.63) is 98.6 Å². The van der Waals surface area contributed by atoms with Crippen molar-refractivity contribution in [2.24, 2.45) is 0 Å². The number of hydrogen-bond donors (Lipinski definition) is 2. The SMILES string of the molecule is O=C(NC(=S)Nc1ccc(OCCOc2ccccc2)cc1)c1cc([N+](=O)[O-])cc([N+](=O)[O-])c1. The van der Waals surface area contributed by atoms with E-state index in [4.69, 9.17) is 21.7 Å². The van der Waals surface area contributed by atoms with Crippen molar-refractivity contribution in [2.75, 3.05) is 18.5 Å². The molecule has 0 spiro atoms. The monoisotopic (exact) mass is 482 g/mol. The summed E-state index contributed by atoms with van der Waals surface area (Å²) >= 11 is 5.09. The quantitative estimate of drug-likeness (QED) is 0.199. The highest BCUT2D eigenvalue weighted by atomic mass is 32.1. The number of carbonyl (C=O) groups excluding carboxylic acids is 1. The van der Waals surface area contributed by atoms with Crippen molar-refractivity contribution in [2.45, 2.75) is 0 Å². The summed E-state index contributed by atoms with van der Waals surface area (Å²) in [7, 11) is 0. The Morgan fingerprint density at radius 1 is 0.824 bits per heavy atom. The normalized spacial score (nSPS) is 10.1. The van der Waals surface area contributed by atoms with Crippen molar-refractivity contribution in [3.8, 4) is 11.5 Å². The van der Waals surface area contributed by atoms with Gasteiger partial charge in [0.25, 0.3) is 17.3 Å². The molecule has 0 fully saturated rings. The molecule has 12 heteroatoms. The first-order valence-corrected chi connectivity index (χ1v) is 10.2. The molecule has 0 aromatic heterocycles. The molecule has 0 aliphatic carbocycles. The first-order valence-electron chi connectivity index (χ1n) is 9.79. The van der Waals surface area contributed by atoms with E-state index in [1.165, 1.54) is 0 Å².